The first kappa shape index (κ1) is 25.6. The average molecular weight is 524 g/mol. The highest BCUT2D eigenvalue weighted by Crippen LogP contribution is 2.30. The van der Waals surface area contributed by atoms with Crippen molar-refractivity contribution in [3.05, 3.63) is 86.1 Å². The van der Waals surface area contributed by atoms with Crippen molar-refractivity contribution in [2.45, 2.75) is 38.5 Å². The van der Waals surface area contributed by atoms with E-state index in [0.29, 0.717) is 18.7 Å². The average Bonchev–Trinajstić information content (AvgIpc) is 3.23. The summed E-state index contributed by atoms with van der Waals surface area (Å²) in [6, 6.07) is 7.37. The fourth-order valence-electron chi connectivity index (χ4n) is 4.27. The molecule has 4 rings (SSSR count). The van der Waals surface area contributed by atoms with Crippen LogP contribution in [-0.2, 0) is 11.3 Å². The van der Waals surface area contributed by atoms with Crippen LogP contribution in [0.3, 0.4) is 0 Å². The molecule has 0 spiro atoms. The van der Waals surface area contributed by atoms with Crippen LogP contribution >= 0.6 is 22.9 Å². The molecule has 0 aliphatic carbocycles. The molecular formula is C25H25ClF3N3O2S. The summed E-state index contributed by atoms with van der Waals surface area (Å²) in [6.45, 7) is 3.71. The normalized spacial score (nSPS) is 15.8. The molecule has 1 amide bonds. The molecule has 1 aliphatic rings. The lowest BCUT2D eigenvalue weighted by Gasteiger charge is -2.37. The van der Waals surface area contributed by atoms with Crippen LogP contribution < -0.4 is 5.32 Å². The number of piperidine rings is 1. The maximum atomic E-state index is 14.2. The Hall–Kier alpha value is -2.46. The van der Waals surface area contributed by atoms with Gasteiger partial charge >= 0.3 is 0 Å². The van der Waals surface area contributed by atoms with Gasteiger partial charge in [0.05, 0.1) is 40.5 Å². The molecule has 1 aliphatic heterocycles. The summed E-state index contributed by atoms with van der Waals surface area (Å²) in [5.41, 5.74) is 2.93. The summed E-state index contributed by atoms with van der Waals surface area (Å²) in [5.74, 6) is -2.49. The lowest BCUT2D eigenvalue weighted by atomic mass is 10.0. The molecule has 5 nitrogen and oxygen atoms in total. The van der Waals surface area contributed by atoms with E-state index in [1.165, 1.54) is 41.7 Å². The molecule has 1 aromatic heterocycles. The minimum Gasteiger partial charge on any atom is -0.373 e. The molecule has 0 radical (unpaired) electrons. The van der Waals surface area contributed by atoms with E-state index in [1.807, 2.05) is 6.92 Å². The van der Waals surface area contributed by atoms with E-state index in [1.54, 1.807) is 5.51 Å². The first-order chi connectivity index (χ1) is 16.8. The van der Waals surface area contributed by atoms with Crippen LogP contribution in [0.5, 0.6) is 0 Å². The van der Waals surface area contributed by atoms with Crippen molar-refractivity contribution in [1.82, 2.24) is 15.2 Å². The standard InChI is InChI=1S/C25H25ClF3N3O2S/c1-15-24(35-14-31-15)22(12-30-25(33)23-20(26)3-2-4-21(23)29)32-7-5-19(6-8-32)34-13-16-9-17(27)11-18(28)10-16/h2-4,9-11,14,19,22H,5-8,12-13H2,1H3,(H,30,33). The molecule has 1 unspecified atom stereocenters. The quantitative estimate of drug-likeness (QED) is 0.413. The van der Waals surface area contributed by atoms with E-state index in [0.717, 1.165) is 29.5 Å². The third-order valence-electron chi connectivity index (χ3n) is 6.06. The molecule has 1 fully saturated rings. The second kappa shape index (κ2) is 11.5. The van der Waals surface area contributed by atoms with Crippen molar-refractivity contribution in [3.63, 3.8) is 0 Å². The van der Waals surface area contributed by atoms with Crippen LogP contribution in [0.15, 0.2) is 41.9 Å². The number of nitrogens with zero attached hydrogens (tertiary/aromatic N) is 2. The number of ether oxygens (including phenoxy) is 1. The highest BCUT2D eigenvalue weighted by Gasteiger charge is 2.29. The van der Waals surface area contributed by atoms with Gasteiger partial charge in [0.15, 0.2) is 0 Å². The first-order valence-electron chi connectivity index (χ1n) is 11.2. The number of carbonyl (C=O) groups is 1. The molecule has 186 valence electrons. The number of hydrogen-bond acceptors (Lipinski definition) is 5. The van der Waals surface area contributed by atoms with Gasteiger partial charge in [-0.1, -0.05) is 17.7 Å². The topological polar surface area (TPSA) is 54.5 Å². The summed E-state index contributed by atoms with van der Waals surface area (Å²) in [4.78, 5) is 20.3. The number of likely N-dealkylation sites (tertiary alicyclic amines) is 1. The van der Waals surface area contributed by atoms with Gasteiger partial charge in [-0.3, -0.25) is 9.69 Å². The number of thiazole rings is 1. The Labute approximate surface area is 210 Å². The molecule has 2 aromatic carbocycles. The molecule has 0 bridgehead atoms. The van der Waals surface area contributed by atoms with Crippen molar-refractivity contribution in [2.75, 3.05) is 19.6 Å². The van der Waals surface area contributed by atoms with Gasteiger partial charge in [-0.2, -0.15) is 0 Å². The molecule has 1 N–H and O–H groups in total. The van der Waals surface area contributed by atoms with Crippen molar-refractivity contribution < 1.29 is 22.7 Å². The summed E-state index contributed by atoms with van der Waals surface area (Å²) in [5, 5.41) is 2.89. The lowest BCUT2D eigenvalue weighted by Crippen LogP contribution is -2.43. The van der Waals surface area contributed by atoms with Crippen LogP contribution in [0.2, 0.25) is 5.02 Å². The third-order valence-corrected chi connectivity index (χ3v) is 7.40. The highest BCUT2D eigenvalue weighted by molar-refractivity contribution is 7.09. The number of aryl methyl sites for hydroxylation is 1. The number of rotatable bonds is 8. The van der Waals surface area contributed by atoms with E-state index < -0.39 is 23.4 Å². The van der Waals surface area contributed by atoms with E-state index in [2.05, 4.69) is 15.2 Å². The molecule has 1 atom stereocenters. The second-order valence-electron chi connectivity index (χ2n) is 8.45. The van der Waals surface area contributed by atoms with Crippen LogP contribution in [0.25, 0.3) is 0 Å². The number of benzene rings is 2. The minimum absolute atomic E-state index is 0.0485. The van der Waals surface area contributed by atoms with Gasteiger partial charge in [-0.25, -0.2) is 18.2 Å². The molecule has 0 saturated carbocycles. The van der Waals surface area contributed by atoms with E-state index in [4.69, 9.17) is 16.3 Å². The summed E-state index contributed by atoms with van der Waals surface area (Å²) >= 11 is 7.56. The fraction of sp³-hybridized carbons (Fsp3) is 0.360. The number of nitrogens with one attached hydrogen (secondary N) is 1. The Kier molecular flexibility index (Phi) is 8.43. The number of halogens is 4. The third kappa shape index (κ3) is 6.41. The second-order valence-corrected chi connectivity index (χ2v) is 9.74. The Bertz CT molecular complexity index is 1140. The van der Waals surface area contributed by atoms with Crippen LogP contribution in [0.4, 0.5) is 13.2 Å². The van der Waals surface area contributed by atoms with E-state index in [-0.39, 0.29) is 35.9 Å². The van der Waals surface area contributed by atoms with Crippen molar-refractivity contribution >= 4 is 28.8 Å². The van der Waals surface area contributed by atoms with Crippen molar-refractivity contribution in [2.24, 2.45) is 0 Å². The minimum atomic E-state index is -0.670. The molecule has 2 heterocycles. The highest BCUT2D eigenvalue weighted by atomic mass is 35.5. The Balaban J connectivity index is 1.38. The zero-order chi connectivity index (χ0) is 24.9. The zero-order valence-electron chi connectivity index (χ0n) is 19.1. The van der Waals surface area contributed by atoms with Gasteiger partial charge in [0.2, 0.25) is 0 Å². The van der Waals surface area contributed by atoms with Crippen LogP contribution in [0.1, 0.15) is 45.4 Å². The summed E-state index contributed by atoms with van der Waals surface area (Å²) in [7, 11) is 0. The molecule has 1 saturated heterocycles. The van der Waals surface area contributed by atoms with E-state index >= 15 is 0 Å². The number of carbonyl (C=O) groups excluding carboxylic acids is 1. The number of amides is 1. The largest absolute Gasteiger partial charge is 0.373 e. The van der Waals surface area contributed by atoms with Crippen LogP contribution in [-0.4, -0.2) is 41.5 Å². The van der Waals surface area contributed by atoms with Gasteiger partial charge in [-0.15, -0.1) is 11.3 Å². The Morgan fingerprint density at radius 1 is 1.23 bits per heavy atom. The SMILES string of the molecule is Cc1ncsc1C(CNC(=O)c1c(F)cccc1Cl)N1CCC(OCc2cc(F)cc(F)c2)CC1. The smallest absolute Gasteiger partial charge is 0.255 e. The van der Waals surface area contributed by atoms with Gasteiger partial charge in [0.1, 0.15) is 17.5 Å². The predicted molar refractivity (Wildman–Crippen MR) is 129 cm³/mol. The van der Waals surface area contributed by atoms with Gasteiger partial charge in [0, 0.05) is 30.6 Å². The molecular weight excluding hydrogens is 499 g/mol. The predicted octanol–water partition coefficient (Wildman–Crippen LogP) is 5.67. The maximum absolute atomic E-state index is 14.2. The van der Waals surface area contributed by atoms with Crippen molar-refractivity contribution in [3.8, 4) is 0 Å². The number of aromatic nitrogens is 1. The number of hydrogen-bond donors (Lipinski definition) is 1. The summed E-state index contributed by atoms with van der Waals surface area (Å²) in [6.07, 6.45) is 1.39. The fourth-order valence-corrected chi connectivity index (χ4v) is 5.46. The van der Waals surface area contributed by atoms with Crippen LogP contribution in [0, 0.1) is 24.4 Å². The Morgan fingerprint density at radius 3 is 2.57 bits per heavy atom. The zero-order valence-corrected chi connectivity index (χ0v) is 20.6. The first-order valence-corrected chi connectivity index (χ1v) is 12.5. The van der Waals surface area contributed by atoms with Gasteiger partial charge < -0.3 is 10.1 Å². The molecule has 10 heteroatoms. The van der Waals surface area contributed by atoms with E-state index in [9.17, 15) is 18.0 Å². The van der Waals surface area contributed by atoms with Gasteiger partial charge in [-0.05, 0) is 49.6 Å². The maximum Gasteiger partial charge on any atom is 0.255 e. The lowest BCUT2D eigenvalue weighted by molar-refractivity contribution is -0.0111. The van der Waals surface area contributed by atoms with Gasteiger partial charge in [0.25, 0.3) is 5.91 Å². The molecule has 35 heavy (non-hydrogen) atoms. The van der Waals surface area contributed by atoms with Crippen molar-refractivity contribution in [1.29, 1.82) is 0 Å². The monoisotopic (exact) mass is 523 g/mol. The summed E-state index contributed by atoms with van der Waals surface area (Å²) < 4.78 is 46.9. The molecule has 3 aromatic rings. The Morgan fingerprint density at radius 2 is 1.94 bits per heavy atom.